The van der Waals surface area contributed by atoms with Crippen LogP contribution in [-0.2, 0) is 9.53 Å². The molecule has 3 nitrogen and oxygen atoms in total. The molecule has 21 heavy (non-hydrogen) atoms. The molecule has 0 spiro atoms. The number of carbonyl (C=O) groups is 1. The van der Waals surface area contributed by atoms with Gasteiger partial charge in [0.1, 0.15) is 6.10 Å². The summed E-state index contributed by atoms with van der Waals surface area (Å²) in [5.41, 5.74) is 0.523. The standard InChI is InChI=1S/C18H31NO2/c1-17(2)14-8-9-18(17,3)15(12-14)21-16(20)13-19-10-6-4-5-7-11-19/h14-15H,4-13H2,1-3H3/p+1/t14-,15-,18+/m1/s1. The highest BCUT2D eigenvalue weighted by Gasteiger charge is 2.62. The third kappa shape index (κ3) is 2.62. The Labute approximate surface area is 129 Å². The molecule has 3 heteroatoms. The van der Waals surface area contributed by atoms with Crippen LogP contribution in [0.15, 0.2) is 0 Å². The smallest absolute Gasteiger partial charge is 0.362 e. The molecule has 2 saturated carbocycles. The van der Waals surface area contributed by atoms with Crippen LogP contribution in [0.5, 0.6) is 0 Å². The van der Waals surface area contributed by atoms with Crippen molar-refractivity contribution < 1.29 is 14.4 Å². The van der Waals surface area contributed by atoms with Crippen molar-refractivity contribution >= 4 is 5.97 Å². The number of rotatable bonds is 3. The normalized spacial score (nSPS) is 39.2. The summed E-state index contributed by atoms with van der Waals surface area (Å²) in [6.45, 7) is 9.96. The summed E-state index contributed by atoms with van der Waals surface area (Å²) in [6.07, 6.45) is 8.96. The lowest BCUT2D eigenvalue weighted by molar-refractivity contribution is -0.891. The van der Waals surface area contributed by atoms with Crippen LogP contribution >= 0.6 is 0 Å². The zero-order valence-electron chi connectivity index (χ0n) is 14.0. The monoisotopic (exact) mass is 294 g/mol. The number of carbonyl (C=O) groups excluding carboxylic acids is 1. The van der Waals surface area contributed by atoms with Gasteiger partial charge in [0, 0.05) is 5.41 Å². The summed E-state index contributed by atoms with van der Waals surface area (Å²) in [5, 5.41) is 0. The second kappa shape index (κ2) is 5.57. The van der Waals surface area contributed by atoms with Gasteiger partial charge in [0.2, 0.25) is 0 Å². The quantitative estimate of drug-likeness (QED) is 0.809. The number of nitrogens with one attached hydrogen (secondary N) is 1. The predicted molar refractivity (Wildman–Crippen MR) is 83.1 cm³/mol. The fourth-order valence-corrected chi connectivity index (χ4v) is 5.12. The van der Waals surface area contributed by atoms with E-state index in [9.17, 15) is 4.79 Å². The minimum atomic E-state index is 0.0430. The lowest BCUT2D eigenvalue weighted by Crippen LogP contribution is -3.12. The van der Waals surface area contributed by atoms with E-state index in [0.717, 1.165) is 25.4 Å². The first-order valence-corrected chi connectivity index (χ1v) is 8.96. The van der Waals surface area contributed by atoms with Crippen LogP contribution in [0.25, 0.3) is 0 Å². The van der Waals surface area contributed by atoms with E-state index < -0.39 is 0 Å². The lowest BCUT2D eigenvalue weighted by atomic mass is 9.70. The van der Waals surface area contributed by atoms with Crippen LogP contribution < -0.4 is 4.90 Å². The van der Waals surface area contributed by atoms with Gasteiger partial charge in [0.15, 0.2) is 6.54 Å². The van der Waals surface area contributed by atoms with Gasteiger partial charge in [-0.15, -0.1) is 0 Å². The topological polar surface area (TPSA) is 30.7 Å². The van der Waals surface area contributed by atoms with E-state index in [1.54, 1.807) is 0 Å². The molecule has 1 saturated heterocycles. The van der Waals surface area contributed by atoms with E-state index in [-0.39, 0.29) is 17.5 Å². The first kappa shape index (κ1) is 15.3. The molecule has 1 aliphatic heterocycles. The molecule has 3 atom stereocenters. The molecular weight excluding hydrogens is 262 g/mol. The van der Waals surface area contributed by atoms with Crippen molar-refractivity contribution in [3.05, 3.63) is 0 Å². The maximum atomic E-state index is 12.4. The van der Waals surface area contributed by atoms with Crippen molar-refractivity contribution in [2.45, 2.75) is 71.8 Å². The molecule has 1 heterocycles. The van der Waals surface area contributed by atoms with Crippen LogP contribution in [0.4, 0.5) is 0 Å². The second-order valence-electron chi connectivity index (χ2n) is 8.43. The zero-order chi connectivity index (χ0) is 15.1. The Morgan fingerprint density at radius 1 is 1.14 bits per heavy atom. The van der Waals surface area contributed by atoms with Crippen molar-refractivity contribution in [2.24, 2.45) is 16.7 Å². The molecule has 1 N–H and O–H groups in total. The summed E-state index contributed by atoms with van der Waals surface area (Å²) in [5.74, 6) is 0.785. The van der Waals surface area contributed by atoms with Crippen molar-refractivity contribution in [3.8, 4) is 0 Å². The molecule has 0 aromatic rings. The second-order valence-corrected chi connectivity index (χ2v) is 8.43. The van der Waals surface area contributed by atoms with Gasteiger partial charge in [-0.2, -0.15) is 0 Å². The minimum absolute atomic E-state index is 0.0430. The highest BCUT2D eigenvalue weighted by atomic mass is 16.5. The zero-order valence-corrected chi connectivity index (χ0v) is 14.0. The van der Waals surface area contributed by atoms with Crippen LogP contribution in [0.3, 0.4) is 0 Å². The van der Waals surface area contributed by atoms with E-state index >= 15 is 0 Å². The molecule has 0 radical (unpaired) electrons. The number of quaternary nitrogens is 1. The Morgan fingerprint density at radius 2 is 1.81 bits per heavy atom. The molecule has 0 aromatic carbocycles. The van der Waals surface area contributed by atoms with Gasteiger partial charge < -0.3 is 9.64 Å². The number of fused-ring (bicyclic) bond motifs is 2. The van der Waals surface area contributed by atoms with Gasteiger partial charge in [0.05, 0.1) is 13.1 Å². The first-order valence-electron chi connectivity index (χ1n) is 8.96. The molecule has 0 aromatic heterocycles. The van der Waals surface area contributed by atoms with E-state index in [0.29, 0.717) is 12.0 Å². The van der Waals surface area contributed by atoms with E-state index in [1.165, 1.54) is 43.4 Å². The van der Waals surface area contributed by atoms with E-state index in [1.807, 2.05) is 0 Å². The number of ether oxygens (including phenoxy) is 1. The predicted octanol–water partition coefficient (Wildman–Crippen LogP) is 2.20. The Hall–Kier alpha value is -0.570. The average molecular weight is 294 g/mol. The number of likely N-dealkylation sites (tertiary alicyclic amines) is 1. The molecule has 2 aliphatic carbocycles. The minimum Gasteiger partial charge on any atom is -0.458 e. The van der Waals surface area contributed by atoms with Crippen molar-refractivity contribution in [1.29, 1.82) is 0 Å². The highest BCUT2D eigenvalue weighted by Crippen LogP contribution is 2.66. The van der Waals surface area contributed by atoms with Gasteiger partial charge in [-0.05, 0) is 56.3 Å². The SMILES string of the molecule is CC1(C)[C@@H]2CC[C@@]1(C)[C@H](OC(=O)C[NH+]1CCCCCC1)C2. The average Bonchev–Trinajstić information content (AvgIpc) is 2.69. The third-order valence-electron chi connectivity index (χ3n) is 7.19. The molecular formula is C18H32NO2+. The molecule has 120 valence electrons. The number of hydrogen-bond donors (Lipinski definition) is 1. The van der Waals surface area contributed by atoms with E-state index in [2.05, 4.69) is 20.8 Å². The molecule has 3 fully saturated rings. The fraction of sp³-hybridized carbons (Fsp3) is 0.944. The Balaban J connectivity index is 1.56. The van der Waals surface area contributed by atoms with E-state index in [4.69, 9.17) is 4.74 Å². The van der Waals surface area contributed by atoms with Crippen molar-refractivity contribution in [1.82, 2.24) is 0 Å². The van der Waals surface area contributed by atoms with Gasteiger partial charge in [-0.25, -0.2) is 4.79 Å². The van der Waals surface area contributed by atoms with Gasteiger partial charge in [-0.1, -0.05) is 20.8 Å². The maximum Gasteiger partial charge on any atom is 0.362 e. The molecule has 3 rings (SSSR count). The van der Waals surface area contributed by atoms with Gasteiger partial charge >= 0.3 is 5.97 Å². The first-order chi connectivity index (χ1) is 9.93. The van der Waals surface area contributed by atoms with Gasteiger partial charge in [-0.3, -0.25) is 0 Å². The van der Waals surface area contributed by atoms with Crippen LogP contribution in [0.1, 0.15) is 65.7 Å². The lowest BCUT2D eigenvalue weighted by Gasteiger charge is -2.38. The molecule has 0 amide bonds. The summed E-state index contributed by atoms with van der Waals surface area (Å²) in [7, 11) is 0. The summed E-state index contributed by atoms with van der Waals surface area (Å²) < 4.78 is 5.97. The Morgan fingerprint density at radius 3 is 2.33 bits per heavy atom. The summed E-state index contributed by atoms with van der Waals surface area (Å²) in [6, 6.07) is 0. The number of hydrogen-bond acceptors (Lipinski definition) is 2. The largest absolute Gasteiger partial charge is 0.458 e. The van der Waals surface area contributed by atoms with Gasteiger partial charge in [0.25, 0.3) is 0 Å². The Kier molecular flexibility index (Phi) is 4.06. The molecule has 2 bridgehead atoms. The van der Waals surface area contributed by atoms with Crippen LogP contribution in [0, 0.1) is 16.7 Å². The maximum absolute atomic E-state index is 12.4. The summed E-state index contributed by atoms with van der Waals surface area (Å²) in [4.78, 5) is 13.8. The Bertz CT molecular complexity index is 398. The van der Waals surface area contributed by atoms with Crippen molar-refractivity contribution in [2.75, 3.05) is 19.6 Å². The van der Waals surface area contributed by atoms with Crippen LogP contribution in [0.2, 0.25) is 0 Å². The molecule has 0 unspecified atom stereocenters. The van der Waals surface area contributed by atoms with Crippen molar-refractivity contribution in [3.63, 3.8) is 0 Å². The highest BCUT2D eigenvalue weighted by molar-refractivity contribution is 5.70. The van der Waals surface area contributed by atoms with Crippen LogP contribution in [-0.4, -0.2) is 31.7 Å². The molecule has 3 aliphatic rings. The summed E-state index contributed by atoms with van der Waals surface area (Å²) >= 11 is 0. The third-order valence-corrected chi connectivity index (χ3v) is 7.19. The number of esters is 1. The fourth-order valence-electron chi connectivity index (χ4n) is 5.12.